The van der Waals surface area contributed by atoms with E-state index in [1.165, 1.54) is 0 Å². The smallest absolute Gasteiger partial charge is 0.226 e. The number of carbonyl (C=O) groups excluding carboxylic acids is 1. The molecule has 0 saturated carbocycles. The van der Waals surface area contributed by atoms with Gasteiger partial charge in [0.2, 0.25) is 5.91 Å². The summed E-state index contributed by atoms with van der Waals surface area (Å²) < 4.78 is 0. The summed E-state index contributed by atoms with van der Waals surface area (Å²) in [7, 11) is 0. The van der Waals surface area contributed by atoms with Gasteiger partial charge < -0.3 is 10.3 Å². The molecular formula is C11H12ClN3O. The maximum absolute atomic E-state index is 11.6. The van der Waals surface area contributed by atoms with E-state index in [1.807, 2.05) is 13.8 Å². The molecule has 4 nitrogen and oxygen atoms in total. The maximum atomic E-state index is 11.6. The highest BCUT2D eigenvalue weighted by Crippen LogP contribution is 2.24. The lowest BCUT2D eigenvalue weighted by atomic mass is 10.2. The summed E-state index contributed by atoms with van der Waals surface area (Å²) in [5.74, 6) is -0.0852. The molecule has 84 valence electrons. The number of H-pyrrole nitrogens is 1. The molecule has 0 saturated heterocycles. The molecule has 2 heterocycles. The van der Waals surface area contributed by atoms with Gasteiger partial charge in [0.25, 0.3) is 0 Å². The van der Waals surface area contributed by atoms with E-state index < -0.39 is 0 Å². The van der Waals surface area contributed by atoms with Gasteiger partial charge in [-0.1, -0.05) is 25.4 Å². The van der Waals surface area contributed by atoms with Gasteiger partial charge in [0.05, 0.1) is 10.7 Å². The summed E-state index contributed by atoms with van der Waals surface area (Å²) in [4.78, 5) is 18.7. The summed E-state index contributed by atoms with van der Waals surface area (Å²) in [5.41, 5.74) is 1.42. The Hall–Kier alpha value is -1.55. The highest BCUT2D eigenvalue weighted by atomic mass is 35.5. The van der Waals surface area contributed by atoms with Crippen molar-refractivity contribution in [2.24, 2.45) is 5.92 Å². The quantitative estimate of drug-likeness (QED) is 0.844. The van der Waals surface area contributed by atoms with Crippen molar-refractivity contribution in [2.75, 3.05) is 5.32 Å². The molecule has 0 radical (unpaired) electrons. The highest BCUT2D eigenvalue weighted by molar-refractivity contribution is 6.31. The molecule has 16 heavy (non-hydrogen) atoms. The van der Waals surface area contributed by atoms with Gasteiger partial charge in [-0.2, -0.15) is 0 Å². The summed E-state index contributed by atoms with van der Waals surface area (Å²) in [6.45, 7) is 3.69. The third-order valence-electron chi connectivity index (χ3n) is 2.28. The fourth-order valence-corrected chi connectivity index (χ4v) is 1.52. The van der Waals surface area contributed by atoms with Crippen LogP contribution in [0.5, 0.6) is 0 Å². The van der Waals surface area contributed by atoms with Crippen molar-refractivity contribution >= 4 is 34.2 Å². The first-order valence-corrected chi connectivity index (χ1v) is 5.39. The summed E-state index contributed by atoms with van der Waals surface area (Å²) >= 11 is 5.86. The second-order valence-electron chi connectivity index (χ2n) is 3.90. The van der Waals surface area contributed by atoms with E-state index in [0.717, 1.165) is 5.39 Å². The Morgan fingerprint density at radius 1 is 1.56 bits per heavy atom. The van der Waals surface area contributed by atoms with Crippen LogP contribution in [0.4, 0.5) is 5.69 Å². The number of fused-ring (bicyclic) bond motifs is 1. The number of rotatable bonds is 2. The second kappa shape index (κ2) is 4.14. The summed E-state index contributed by atoms with van der Waals surface area (Å²) in [5, 5.41) is 4.19. The molecule has 0 atom stereocenters. The first-order chi connectivity index (χ1) is 7.58. The Bertz CT molecular complexity index is 533. The average molecular weight is 238 g/mol. The van der Waals surface area contributed by atoms with Crippen LogP contribution >= 0.6 is 11.6 Å². The molecule has 0 fully saturated rings. The molecule has 1 amide bonds. The third kappa shape index (κ3) is 2.02. The number of aromatic amines is 1. The predicted octanol–water partition coefficient (Wildman–Crippen LogP) is 2.81. The molecule has 0 unspecified atom stereocenters. The molecule has 2 N–H and O–H groups in total. The molecule has 2 rings (SSSR count). The number of nitrogens with zero attached hydrogens (tertiary/aromatic N) is 1. The Balaban J connectivity index is 2.38. The average Bonchev–Trinajstić information content (AvgIpc) is 2.61. The van der Waals surface area contributed by atoms with Crippen molar-refractivity contribution < 1.29 is 4.79 Å². The number of halogens is 1. The van der Waals surface area contributed by atoms with Crippen LogP contribution in [-0.4, -0.2) is 15.9 Å². The van der Waals surface area contributed by atoms with Crippen LogP contribution in [0.1, 0.15) is 13.8 Å². The van der Waals surface area contributed by atoms with Crippen molar-refractivity contribution in [3.8, 4) is 0 Å². The Morgan fingerprint density at radius 2 is 2.31 bits per heavy atom. The minimum Gasteiger partial charge on any atom is -0.344 e. The van der Waals surface area contributed by atoms with Crippen LogP contribution in [0.2, 0.25) is 5.02 Å². The van der Waals surface area contributed by atoms with E-state index in [1.54, 1.807) is 18.5 Å². The molecule has 0 aliphatic carbocycles. The van der Waals surface area contributed by atoms with Gasteiger partial charge in [-0.05, 0) is 6.07 Å². The van der Waals surface area contributed by atoms with Crippen LogP contribution in [-0.2, 0) is 4.79 Å². The SMILES string of the molecule is CC(C)C(=O)Nc1c[nH]c2ncc(Cl)cc12. The number of amides is 1. The van der Waals surface area contributed by atoms with E-state index >= 15 is 0 Å². The number of aromatic nitrogens is 2. The molecule has 0 bridgehead atoms. The second-order valence-corrected chi connectivity index (χ2v) is 4.33. The lowest BCUT2D eigenvalue weighted by Crippen LogP contribution is -2.17. The van der Waals surface area contributed by atoms with Gasteiger partial charge in [0.15, 0.2) is 0 Å². The van der Waals surface area contributed by atoms with E-state index in [2.05, 4.69) is 15.3 Å². The minimum atomic E-state index is -0.0582. The van der Waals surface area contributed by atoms with Gasteiger partial charge >= 0.3 is 0 Å². The zero-order chi connectivity index (χ0) is 11.7. The number of hydrogen-bond acceptors (Lipinski definition) is 2. The van der Waals surface area contributed by atoms with Crippen molar-refractivity contribution in [1.29, 1.82) is 0 Å². The lowest BCUT2D eigenvalue weighted by Gasteiger charge is -2.05. The van der Waals surface area contributed by atoms with Gasteiger partial charge in [-0.3, -0.25) is 4.79 Å². The monoisotopic (exact) mass is 237 g/mol. The normalized spacial score (nSPS) is 11.0. The zero-order valence-corrected chi connectivity index (χ0v) is 9.80. The fourth-order valence-electron chi connectivity index (χ4n) is 1.36. The molecular weight excluding hydrogens is 226 g/mol. The van der Waals surface area contributed by atoms with Crippen molar-refractivity contribution in [1.82, 2.24) is 9.97 Å². The highest BCUT2D eigenvalue weighted by Gasteiger charge is 2.11. The summed E-state index contributed by atoms with van der Waals surface area (Å²) in [6.07, 6.45) is 3.28. The van der Waals surface area contributed by atoms with E-state index in [-0.39, 0.29) is 11.8 Å². The number of nitrogens with one attached hydrogen (secondary N) is 2. The van der Waals surface area contributed by atoms with Crippen LogP contribution in [0.25, 0.3) is 11.0 Å². The van der Waals surface area contributed by atoms with Crippen molar-refractivity contribution in [2.45, 2.75) is 13.8 Å². The van der Waals surface area contributed by atoms with Crippen molar-refractivity contribution in [3.05, 3.63) is 23.5 Å². The molecule has 5 heteroatoms. The standard InChI is InChI=1S/C11H12ClN3O/c1-6(2)11(16)15-9-5-14-10-8(9)3-7(12)4-13-10/h3-6H,1-2H3,(H,13,14)(H,15,16). The Labute approximate surface area is 98.0 Å². The Morgan fingerprint density at radius 3 is 3.00 bits per heavy atom. The minimum absolute atomic E-state index is 0.0270. The van der Waals surface area contributed by atoms with Crippen LogP contribution in [0.15, 0.2) is 18.5 Å². The Kier molecular flexibility index (Phi) is 2.83. The molecule has 0 aliphatic heterocycles. The topological polar surface area (TPSA) is 57.8 Å². The van der Waals surface area contributed by atoms with Gasteiger partial charge in [0.1, 0.15) is 5.65 Å². The number of anilines is 1. The lowest BCUT2D eigenvalue weighted by molar-refractivity contribution is -0.118. The van der Waals surface area contributed by atoms with Crippen LogP contribution in [0.3, 0.4) is 0 Å². The molecule has 2 aromatic heterocycles. The zero-order valence-electron chi connectivity index (χ0n) is 9.04. The van der Waals surface area contributed by atoms with Crippen molar-refractivity contribution in [3.63, 3.8) is 0 Å². The molecule has 0 aromatic carbocycles. The number of hydrogen-bond donors (Lipinski definition) is 2. The molecule has 2 aromatic rings. The van der Waals surface area contributed by atoms with E-state index in [0.29, 0.717) is 16.4 Å². The van der Waals surface area contributed by atoms with E-state index in [9.17, 15) is 4.79 Å². The van der Waals surface area contributed by atoms with Crippen LogP contribution < -0.4 is 5.32 Å². The largest absolute Gasteiger partial charge is 0.344 e. The van der Waals surface area contributed by atoms with Gasteiger partial charge in [-0.15, -0.1) is 0 Å². The number of carbonyl (C=O) groups is 1. The maximum Gasteiger partial charge on any atom is 0.226 e. The van der Waals surface area contributed by atoms with E-state index in [4.69, 9.17) is 11.6 Å². The first-order valence-electron chi connectivity index (χ1n) is 5.01. The molecule has 0 aliphatic rings. The third-order valence-corrected chi connectivity index (χ3v) is 2.49. The van der Waals surface area contributed by atoms with Gasteiger partial charge in [-0.25, -0.2) is 4.98 Å². The fraction of sp³-hybridized carbons (Fsp3) is 0.273. The number of pyridine rings is 1. The predicted molar refractivity (Wildman–Crippen MR) is 64.6 cm³/mol. The van der Waals surface area contributed by atoms with Crippen LogP contribution in [0, 0.1) is 5.92 Å². The summed E-state index contributed by atoms with van der Waals surface area (Å²) in [6, 6.07) is 1.77. The molecule has 0 spiro atoms. The first kappa shape index (κ1) is 11.0. The van der Waals surface area contributed by atoms with Gasteiger partial charge in [0, 0.05) is 23.7 Å².